The van der Waals surface area contributed by atoms with Crippen molar-refractivity contribution in [1.29, 1.82) is 0 Å². The third kappa shape index (κ3) is 6.06. The van der Waals surface area contributed by atoms with Gasteiger partial charge in [0, 0.05) is 5.56 Å². The van der Waals surface area contributed by atoms with Gasteiger partial charge in [0.1, 0.15) is 10.6 Å². The number of amides is 1. The minimum absolute atomic E-state index is 0. The summed E-state index contributed by atoms with van der Waals surface area (Å²) in [4.78, 5) is 11.4. The Bertz CT molecular complexity index is 859. The molecule has 0 spiro atoms. The van der Waals surface area contributed by atoms with Gasteiger partial charge in [-0.25, -0.2) is 5.43 Å². The normalized spacial score (nSPS) is 11.0. The number of nitrogens with one attached hydrogen (secondary N) is 1. The largest absolute Gasteiger partial charge is 1.00 e. The van der Waals surface area contributed by atoms with Crippen LogP contribution in [0.2, 0.25) is 0 Å². The van der Waals surface area contributed by atoms with Gasteiger partial charge in [0.05, 0.1) is 12.6 Å². The van der Waals surface area contributed by atoms with Gasteiger partial charge in [0.25, 0.3) is 10.1 Å². The van der Waals surface area contributed by atoms with Crippen molar-refractivity contribution in [2.75, 3.05) is 0 Å². The zero-order valence-corrected chi connectivity index (χ0v) is 15.7. The number of rotatable bonds is 5. The number of hydrogen-bond acceptors (Lipinski definition) is 5. The van der Waals surface area contributed by atoms with Gasteiger partial charge >= 0.3 is 29.6 Å². The number of phenols is 1. The molecule has 7 nitrogen and oxygen atoms in total. The Morgan fingerprint density at radius 3 is 2.58 bits per heavy atom. The molecule has 0 aliphatic heterocycles. The molecule has 0 bridgehead atoms. The van der Waals surface area contributed by atoms with Crippen LogP contribution in [0.4, 0.5) is 0 Å². The fourth-order valence-electron chi connectivity index (χ4n) is 1.89. The second kappa shape index (κ2) is 8.95. The summed E-state index contributed by atoms with van der Waals surface area (Å²) in [5.74, 6) is -0.378. The van der Waals surface area contributed by atoms with Crippen molar-refractivity contribution >= 4 is 22.2 Å². The third-order valence-corrected chi connectivity index (χ3v) is 3.79. The summed E-state index contributed by atoms with van der Waals surface area (Å²) >= 11 is 0. The molecule has 2 rings (SSSR count). The molecule has 2 aromatic rings. The van der Waals surface area contributed by atoms with E-state index in [1.807, 2.05) is 0 Å². The second-order valence-electron chi connectivity index (χ2n) is 4.65. The third-order valence-electron chi connectivity index (χ3n) is 2.87. The first kappa shape index (κ1) is 20.3. The van der Waals surface area contributed by atoms with E-state index in [1.165, 1.54) is 30.3 Å². The molecule has 122 valence electrons. The number of carbonyl (C=O) groups excluding carboxylic acids is 1. The number of benzene rings is 2. The van der Waals surface area contributed by atoms with Crippen LogP contribution >= 0.6 is 0 Å². The average Bonchev–Trinajstić information content (AvgIpc) is 2.46. The number of hydrazone groups is 1. The van der Waals surface area contributed by atoms with Crippen LogP contribution in [-0.2, 0) is 21.3 Å². The van der Waals surface area contributed by atoms with Crippen LogP contribution in [0, 0.1) is 0 Å². The van der Waals surface area contributed by atoms with Crippen LogP contribution in [0.1, 0.15) is 12.6 Å². The Labute approximate surface area is 162 Å². The quantitative estimate of drug-likeness (QED) is 0.259. The van der Waals surface area contributed by atoms with Crippen molar-refractivity contribution in [2.45, 2.75) is 11.3 Å². The monoisotopic (exact) mass is 358 g/mol. The molecule has 2 aromatic carbocycles. The molecule has 9 heteroatoms. The van der Waals surface area contributed by atoms with Crippen LogP contribution < -0.4 is 35.0 Å². The summed E-state index contributed by atoms with van der Waals surface area (Å²) in [6.45, 7) is 0. The summed E-state index contributed by atoms with van der Waals surface area (Å²) in [5.41, 5.74) is 3.00. The fourth-order valence-corrected chi connectivity index (χ4v) is 2.56. The first-order valence-corrected chi connectivity index (χ1v) is 7.96. The van der Waals surface area contributed by atoms with Gasteiger partial charge < -0.3 is 6.53 Å². The maximum absolute atomic E-state index is 11.7. The van der Waals surface area contributed by atoms with Crippen molar-refractivity contribution < 1.29 is 53.9 Å². The van der Waals surface area contributed by atoms with Gasteiger partial charge in [-0.05, 0) is 23.8 Å². The van der Waals surface area contributed by atoms with Crippen molar-refractivity contribution in [3.8, 4) is 5.75 Å². The number of carbonyl (C=O) groups is 1. The Morgan fingerprint density at radius 2 is 1.92 bits per heavy atom. The molecule has 0 aliphatic carbocycles. The standard InChI is InChI=1S/C15H14N2O5S.Na.H/c18-13-6-3-4-11(8-13)9-15(19)17-16-10-12-5-1-2-7-14(12)23(20,21)22;;/h1-8,10,18H,9H2,(H,17,19)(H,20,21,22);;/q;+1;-1/b16-10+;;. The van der Waals surface area contributed by atoms with Crippen molar-refractivity contribution in [3.05, 3.63) is 59.7 Å². The SMILES string of the molecule is O=C(Cc1cccc(O)c1)N/N=C/c1ccccc1S(=O)(=O)O.[H-].[Na+]. The van der Waals surface area contributed by atoms with E-state index in [-0.39, 0.29) is 53.6 Å². The van der Waals surface area contributed by atoms with Crippen molar-refractivity contribution in [2.24, 2.45) is 5.10 Å². The predicted molar refractivity (Wildman–Crippen MR) is 84.9 cm³/mol. The molecule has 0 heterocycles. The van der Waals surface area contributed by atoms with E-state index in [1.54, 1.807) is 18.2 Å². The van der Waals surface area contributed by atoms with Crippen molar-refractivity contribution in [1.82, 2.24) is 5.43 Å². The van der Waals surface area contributed by atoms with Gasteiger partial charge in [-0.15, -0.1) is 0 Å². The Balaban J connectivity index is 0.00000288. The zero-order valence-electron chi connectivity index (χ0n) is 13.9. The summed E-state index contributed by atoms with van der Waals surface area (Å²) in [6, 6.07) is 11.9. The number of hydrogen-bond donors (Lipinski definition) is 3. The first-order chi connectivity index (χ1) is 10.9. The van der Waals surface area contributed by atoms with Crippen molar-refractivity contribution in [3.63, 3.8) is 0 Å². The molecule has 0 atom stereocenters. The minimum atomic E-state index is -4.37. The van der Waals surface area contributed by atoms with Crippen LogP contribution in [-0.4, -0.2) is 30.2 Å². The van der Waals surface area contributed by atoms with E-state index >= 15 is 0 Å². The maximum Gasteiger partial charge on any atom is 1.00 e. The molecule has 0 unspecified atom stereocenters. The summed E-state index contributed by atoms with van der Waals surface area (Å²) in [5, 5.41) is 13.0. The van der Waals surface area contributed by atoms with Gasteiger partial charge in [0.2, 0.25) is 5.91 Å². The first-order valence-electron chi connectivity index (χ1n) is 6.52. The molecular weight excluding hydrogens is 343 g/mol. The fraction of sp³-hybridized carbons (Fsp3) is 0.0667. The molecule has 0 fully saturated rings. The molecule has 24 heavy (non-hydrogen) atoms. The Kier molecular flexibility index (Phi) is 7.59. The minimum Gasteiger partial charge on any atom is -1.00 e. The van der Waals surface area contributed by atoms with E-state index in [4.69, 9.17) is 4.55 Å². The van der Waals surface area contributed by atoms with Crippen LogP contribution in [0.25, 0.3) is 0 Å². The average molecular weight is 358 g/mol. The van der Waals surface area contributed by atoms with Gasteiger partial charge in [-0.3, -0.25) is 9.35 Å². The summed E-state index contributed by atoms with van der Waals surface area (Å²) < 4.78 is 31.5. The molecule has 3 N–H and O–H groups in total. The topological polar surface area (TPSA) is 116 Å². The maximum atomic E-state index is 11.7. The van der Waals surface area contributed by atoms with E-state index < -0.39 is 16.0 Å². The molecule has 0 saturated heterocycles. The predicted octanol–water partition coefficient (Wildman–Crippen LogP) is -1.55. The smallest absolute Gasteiger partial charge is 1.00 e. The van der Waals surface area contributed by atoms with E-state index in [9.17, 15) is 18.3 Å². The second-order valence-corrected chi connectivity index (χ2v) is 6.04. The molecule has 0 saturated carbocycles. The summed E-state index contributed by atoms with van der Waals surface area (Å²) in [6.07, 6.45) is 1.13. The van der Waals surface area contributed by atoms with Gasteiger partial charge in [-0.1, -0.05) is 30.3 Å². The molecule has 1 amide bonds. The molecule has 0 radical (unpaired) electrons. The van der Waals surface area contributed by atoms with Crippen LogP contribution in [0.3, 0.4) is 0 Å². The molecule has 0 aliphatic rings. The van der Waals surface area contributed by atoms with E-state index in [0.717, 1.165) is 6.21 Å². The number of nitrogens with zero attached hydrogens (tertiary/aromatic N) is 1. The Morgan fingerprint density at radius 1 is 1.21 bits per heavy atom. The van der Waals surface area contributed by atoms with E-state index in [2.05, 4.69) is 10.5 Å². The van der Waals surface area contributed by atoms with E-state index in [0.29, 0.717) is 5.56 Å². The summed E-state index contributed by atoms with van der Waals surface area (Å²) in [7, 11) is -4.37. The molecular formula is C15H15N2NaO5S. The van der Waals surface area contributed by atoms with Crippen LogP contribution in [0.5, 0.6) is 5.75 Å². The van der Waals surface area contributed by atoms with Crippen LogP contribution in [0.15, 0.2) is 58.5 Å². The number of aromatic hydroxyl groups is 1. The molecule has 0 aromatic heterocycles. The zero-order chi connectivity index (χ0) is 16.9. The Hall–Kier alpha value is -1.71. The van der Waals surface area contributed by atoms with Gasteiger partial charge in [-0.2, -0.15) is 13.5 Å². The van der Waals surface area contributed by atoms with Gasteiger partial charge in [0.15, 0.2) is 0 Å². The number of phenolic OH excluding ortho intramolecular Hbond substituents is 1.